The minimum Gasteiger partial charge on any atom is -0.478 e. The van der Waals surface area contributed by atoms with Gasteiger partial charge >= 0.3 is 5.97 Å². The van der Waals surface area contributed by atoms with Gasteiger partial charge in [0, 0.05) is 6.54 Å². The van der Waals surface area contributed by atoms with Crippen molar-refractivity contribution < 1.29 is 14.7 Å². The molecule has 2 aromatic rings. The molecule has 6 heteroatoms. The SMILES string of the molecule is CCc1ncc(C(=O)NCCc2cccc(C(=O)O)c2)s1. The van der Waals surface area contributed by atoms with Gasteiger partial charge in [0.1, 0.15) is 4.88 Å². The third kappa shape index (κ3) is 4.13. The Hall–Kier alpha value is -2.21. The normalized spacial score (nSPS) is 10.3. The number of carbonyl (C=O) groups excluding carboxylic acids is 1. The van der Waals surface area contributed by atoms with Crippen LogP contribution < -0.4 is 5.32 Å². The number of nitrogens with zero attached hydrogens (tertiary/aromatic N) is 1. The van der Waals surface area contributed by atoms with Crippen LogP contribution in [0.4, 0.5) is 0 Å². The summed E-state index contributed by atoms with van der Waals surface area (Å²) in [6.07, 6.45) is 3.00. The standard InChI is InChI=1S/C15H16N2O3S/c1-2-13-17-9-12(21-13)14(18)16-7-6-10-4-3-5-11(8-10)15(19)20/h3-5,8-9H,2,6-7H2,1H3,(H,16,18)(H,19,20). The Morgan fingerprint density at radius 2 is 2.19 bits per heavy atom. The Balaban J connectivity index is 1.87. The van der Waals surface area contributed by atoms with E-state index in [2.05, 4.69) is 10.3 Å². The predicted molar refractivity (Wildman–Crippen MR) is 80.9 cm³/mol. The molecule has 1 aromatic carbocycles. The topological polar surface area (TPSA) is 79.3 Å². The van der Waals surface area contributed by atoms with Gasteiger partial charge in [-0.1, -0.05) is 19.1 Å². The molecule has 0 saturated heterocycles. The van der Waals surface area contributed by atoms with E-state index < -0.39 is 5.97 Å². The molecule has 0 radical (unpaired) electrons. The zero-order valence-corrected chi connectivity index (χ0v) is 12.4. The molecule has 1 aromatic heterocycles. The minimum absolute atomic E-state index is 0.137. The van der Waals surface area contributed by atoms with Gasteiger partial charge in [0.2, 0.25) is 0 Å². The van der Waals surface area contributed by atoms with Crippen LogP contribution in [0.2, 0.25) is 0 Å². The molecule has 0 aliphatic carbocycles. The predicted octanol–water partition coefficient (Wildman–Crippen LogP) is 2.38. The number of aromatic nitrogens is 1. The summed E-state index contributed by atoms with van der Waals surface area (Å²) in [6, 6.07) is 6.72. The summed E-state index contributed by atoms with van der Waals surface area (Å²) in [6.45, 7) is 2.46. The second-order valence-corrected chi connectivity index (χ2v) is 5.60. The first-order valence-corrected chi connectivity index (χ1v) is 7.47. The molecule has 0 aliphatic rings. The van der Waals surface area contributed by atoms with Crippen molar-refractivity contribution in [2.45, 2.75) is 19.8 Å². The lowest BCUT2D eigenvalue weighted by atomic mass is 10.1. The van der Waals surface area contributed by atoms with Crippen molar-refractivity contribution in [1.29, 1.82) is 0 Å². The lowest BCUT2D eigenvalue weighted by molar-refractivity contribution is 0.0696. The lowest BCUT2D eigenvalue weighted by Crippen LogP contribution is -2.24. The second-order valence-electron chi connectivity index (χ2n) is 4.48. The van der Waals surface area contributed by atoms with Gasteiger partial charge in [-0.25, -0.2) is 9.78 Å². The molecular formula is C15H16N2O3S. The average molecular weight is 304 g/mol. The number of benzene rings is 1. The Bertz CT molecular complexity index is 652. The fourth-order valence-corrected chi connectivity index (χ4v) is 2.62. The van der Waals surface area contributed by atoms with Crippen LogP contribution in [-0.4, -0.2) is 28.5 Å². The van der Waals surface area contributed by atoms with Crippen molar-refractivity contribution in [3.63, 3.8) is 0 Å². The third-order valence-electron chi connectivity index (χ3n) is 2.95. The number of aryl methyl sites for hydroxylation is 1. The Kier molecular flexibility index (Phi) is 5.05. The van der Waals surface area contributed by atoms with E-state index in [4.69, 9.17) is 5.11 Å². The monoisotopic (exact) mass is 304 g/mol. The highest BCUT2D eigenvalue weighted by atomic mass is 32.1. The van der Waals surface area contributed by atoms with E-state index >= 15 is 0 Å². The molecule has 0 bridgehead atoms. The highest BCUT2D eigenvalue weighted by Gasteiger charge is 2.09. The highest BCUT2D eigenvalue weighted by Crippen LogP contribution is 2.13. The number of hydrogen-bond donors (Lipinski definition) is 2. The van der Waals surface area contributed by atoms with Gasteiger partial charge in [0.15, 0.2) is 0 Å². The van der Waals surface area contributed by atoms with Gasteiger partial charge in [-0.3, -0.25) is 4.79 Å². The maximum atomic E-state index is 11.9. The van der Waals surface area contributed by atoms with E-state index in [1.165, 1.54) is 11.3 Å². The molecule has 5 nitrogen and oxygen atoms in total. The zero-order chi connectivity index (χ0) is 15.2. The molecule has 110 valence electrons. The van der Waals surface area contributed by atoms with Crippen molar-refractivity contribution in [3.05, 3.63) is 51.5 Å². The molecule has 0 atom stereocenters. The number of amides is 1. The number of carboxylic acids is 1. The van der Waals surface area contributed by atoms with E-state index in [1.807, 2.05) is 13.0 Å². The van der Waals surface area contributed by atoms with Crippen molar-refractivity contribution in [2.75, 3.05) is 6.54 Å². The first-order valence-electron chi connectivity index (χ1n) is 6.65. The molecule has 0 saturated carbocycles. The summed E-state index contributed by atoms with van der Waals surface area (Å²) in [7, 11) is 0. The zero-order valence-electron chi connectivity index (χ0n) is 11.6. The summed E-state index contributed by atoms with van der Waals surface area (Å²) in [5.74, 6) is -1.08. The fraction of sp³-hybridized carbons (Fsp3) is 0.267. The summed E-state index contributed by atoms with van der Waals surface area (Å²) < 4.78 is 0. The van der Waals surface area contributed by atoms with Crippen LogP contribution >= 0.6 is 11.3 Å². The van der Waals surface area contributed by atoms with Crippen LogP contribution in [0.15, 0.2) is 30.5 Å². The number of carbonyl (C=O) groups is 2. The van der Waals surface area contributed by atoms with Crippen LogP contribution in [0.3, 0.4) is 0 Å². The smallest absolute Gasteiger partial charge is 0.335 e. The van der Waals surface area contributed by atoms with Gasteiger partial charge in [-0.05, 0) is 30.5 Å². The van der Waals surface area contributed by atoms with Crippen molar-refractivity contribution in [1.82, 2.24) is 10.3 Å². The van der Waals surface area contributed by atoms with Crippen molar-refractivity contribution in [3.8, 4) is 0 Å². The molecule has 2 rings (SSSR count). The molecule has 1 amide bonds. The maximum Gasteiger partial charge on any atom is 0.335 e. The molecule has 0 aliphatic heterocycles. The second kappa shape index (κ2) is 6.99. The van der Waals surface area contributed by atoms with Crippen molar-refractivity contribution in [2.24, 2.45) is 0 Å². The Labute approximate surface area is 126 Å². The largest absolute Gasteiger partial charge is 0.478 e. The van der Waals surface area contributed by atoms with Gasteiger partial charge in [-0.15, -0.1) is 11.3 Å². The molecule has 1 heterocycles. The number of hydrogen-bond acceptors (Lipinski definition) is 4. The number of rotatable bonds is 6. The quantitative estimate of drug-likeness (QED) is 0.858. The lowest BCUT2D eigenvalue weighted by Gasteiger charge is -2.04. The van der Waals surface area contributed by atoms with E-state index in [0.29, 0.717) is 17.8 Å². The first kappa shape index (κ1) is 15.2. The van der Waals surface area contributed by atoms with Crippen molar-refractivity contribution >= 4 is 23.2 Å². The van der Waals surface area contributed by atoms with E-state index in [-0.39, 0.29) is 11.5 Å². The van der Waals surface area contributed by atoms with Crippen LogP contribution in [0.5, 0.6) is 0 Å². The molecule has 21 heavy (non-hydrogen) atoms. The van der Waals surface area contributed by atoms with Crippen LogP contribution in [0.1, 0.15) is 37.5 Å². The van der Waals surface area contributed by atoms with Crippen LogP contribution in [0.25, 0.3) is 0 Å². The Morgan fingerprint density at radius 3 is 2.86 bits per heavy atom. The maximum absolute atomic E-state index is 11.9. The van der Waals surface area contributed by atoms with Gasteiger partial charge in [0.05, 0.1) is 16.8 Å². The third-order valence-corrected chi connectivity index (χ3v) is 4.09. The molecule has 2 N–H and O–H groups in total. The Morgan fingerprint density at radius 1 is 1.38 bits per heavy atom. The fourth-order valence-electron chi connectivity index (χ4n) is 1.85. The molecule has 0 unspecified atom stereocenters. The van der Waals surface area contributed by atoms with Gasteiger partial charge in [-0.2, -0.15) is 0 Å². The highest BCUT2D eigenvalue weighted by molar-refractivity contribution is 7.13. The van der Waals surface area contributed by atoms with E-state index in [0.717, 1.165) is 17.0 Å². The van der Waals surface area contributed by atoms with Gasteiger partial charge in [0.25, 0.3) is 5.91 Å². The summed E-state index contributed by atoms with van der Waals surface area (Å²) >= 11 is 1.39. The molecule has 0 fully saturated rings. The summed E-state index contributed by atoms with van der Waals surface area (Å²) in [5.41, 5.74) is 1.14. The first-order chi connectivity index (χ1) is 10.1. The number of carboxylic acid groups (broad SMARTS) is 1. The number of aromatic carboxylic acids is 1. The average Bonchev–Trinajstić information content (AvgIpc) is 2.96. The van der Waals surface area contributed by atoms with E-state index in [1.54, 1.807) is 24.4 Å². The van der Waals surface area contributed by atoms with Crippen LogP contribution in [-0.2, 0) is 12.8 Å². The minimum atomic E-state index is -0.947. The molecule has 0 spiro atoms. The number of nitrogens with one attached hydrogen (secondary N) is 1. The van der Waals surface area contributed by atoms with Gasteiger partial charge < -0.3 is 10.4 Å². The summed E-state index contributed by atoms with van der Waals surface area (Å²) in [4.78, 5) is 27.5. The summed E-state index contributed by atoms with van der Waals surface area (Å²) in [5, 5.41) is 12.7. The number of thiazole rings is 1. The van der Waals surface area contributed by atoms with E-state index in [9.17, 15) is 9.59 Å². The molecular weight excluding hydrogens is 288 g/mol. The van der Waals surface area contributed by atoms with Crippen LogP contribution in [0, 0.1) is 0 Å².